The zero-order valence-corrected chi connectivity index (χ0v) is 13.0. The Morgan fingerprint density at radius 1 is 1.38 bits per heavy atom. The molecule has 5 nitrogen and oxygen atoms in total. The van der Waals surface area contributed by atoms with Crippen LogP contribution in [0.1, 0.15) is 30.9 Å². The molecule has 0 spiro atoms. The van der Waals surface area contributed by atoms with Crippen LogP contribution < -0.4 is 9.62 Å². The predicted octanol–water partition coefficient (Wildman–Crippen LogP) is 0.482. The van der Waals surface area contributed by atoms with E-state index in [0.717, 1.165) is 19.1 Å². The van der Waals surface area contributed by atoms with Crippen LogP contribution in [0.25, 0.3) is 0 Å². The molecule has 0 radical (unpaired) electrons. The Morgan fingerprint density at radius 3 is 2.71 bits per heavy atom. The first-order valence-electron chi connectivity index (χ1n) is 6.88. The molecule has 1 amide bonds. The summed E-state index contributed by atoms with van der Waals surface area (Å²) in [5.74, 6) is -0.537. The van der Waals surface area contributed by atoms with Crippen LogP contribution in [0.15, 0.2) is 12.1 Å². The maximum absolute atomic E-state index is 14.3. The molecular weight excluding hydrogens is 294 g/mol. The zero-order chi connectivity index (χ0) is 15.6. The first-order chi connectivity index (χ1) is 9.81. The monoisotopic (exact) mass is 312 g/mol. The van der Waals surface area contributed by atoms with Gasteiger partial charge >= 0.3 is 0 Å². The van der Waals surface area contributed by atoms with Crippen molar-refractivity contribution in [3.05, 3.63) is 29.1 Å². The normalized spacial score (nSPS) is 15.1. The Labute approximate surface area is 124 Å². The number of benzene rings is 1. The molecule has 1 N–H and O–H groups in total. The molecule has 0 saturated carbocycles. The molecule has 1 aromatic rings. The highest BCUT2D eigenvalue weighted by Crippen LogP contribution is 2.32. The van der Waals surface area contributed by atoms with Gasteiger partial charge in [0, 0.05) is 19.5 Å². The summed E-state index contributed by atoms with van der Waals surface area (Å²) in [6, 6.07) is 3.06. The molecule has 114 valence electrons. The van der Waals surface area contributed by atoms with E-state index in [1.54, 1.807) is 6.07 Å². The number of hydrogen-bond acceptors (Lipinski definition) is 3. The standard InChI is InChI=1S/C13H18BFN2O3S/c1-2-5-17-12(18)4-3-10-6-9(7-11(15)13(10)17)8-16-21(14,19)20/h6-7,16H,2-5,8,14H2,1H3. The van der Waals surface area contributed by atoms with Gasteiger partial charge in [-0.1, -0.05) is 13.0 Å². The summed E-state index contributed by atoms with van der Waals surface area (Å²) < 4.78 is 38.9. The van der Waals surface area contributed by atoms with Crippen molar-refractivity contribution in [3.8, 4) is 0 Å². The number of carbonyl (C=O) groups excluding carboxylic acids is 1. The van der Waals surface area contributed by atoms with Gasteiger partial charge < -0.3 is 4.90 Å². The molecule has 0 atom stereocenters. The van der Waals surface area contributed by atoms with Gasteiger partial charge in [-0.15, -0.1) is 0 Å². The van der Waals surface area contributed by atoms with Crippen molar-refractivity contribution in [2.45, 2.75) is 32.7 Å². The van der Waals surface area contributed by atoms with Crippen LogP contribution in [0.5, 0.6) is 0 Å². The molecule has 8 heteroatoms. The molecule has 1 aliphatic rings. The predicted molar refractivity (Wildman–Crippen MR) is 81.7 cm³/mol. The van der Waals surface area contributed by atoms with Gasteiger partial charge in [-0.05, 0) is 30.0 Å². The molecule has 2 rings (SSSR count). The molecule has 1 heterocycles. The van der Waals surface area contributed by atoms with E-state index in [4.69, 9.17) is 0 Å². The van der Waals surface area contributed by atoms with Crippen LogP contribution in [0, 0.1) is 5.82 Å². The van der Waals surface area contributed by atoms with E-state index in [1.807, 2.05) is 6.92 Å². The molecule has 0 aromatic heterocycles. The maximum atomic E-state index is 14.3. The van der Waals surface area contributed by atoms with Crippen molar-refractivity contribution in [3.63, 3.8) is 0 Å². The maximum Gasteiger partial charge on any atom is 0.275 e. The third kappa shape index (κ3) is 3.82. The molecule has 21 heavy (non-hydrogen) atoms. The summed E-state index contributed by atoms with van der Waals surface area (Å²) in [5.41, 5.74) is 1.66. The summed E-state index contributed by atoms with van der Waals surface area (Å²) >= 11 is 0. The number of rotatable bonds is 5. The molecule has 0 bridgehead atoms. The second-order valence-electron chi connectivity index (χ2n) is 5.22. The lowest BCUT2D eigenvalue weighted by atomic mass is 9.98. The number of aryl methyl sites for hydroxylation is 1. The smallest absolute Gasteiger partial charge is 0.275 e. The highest BCUT2D eigenvalue weighted by atomic mass is 32.2. The molecule has 0 fully saturated rings. The number of hydrogen-bond donors (Lipinski definition) is 1. The second kappa shape index (κ2) is 6.15. The lowest BCUT2D eigenvalue weighted by molar-refractivity contribution is -0.118. The third-order valence-corrected chi connectivity index (χ3v) is 4.04. The number of nitrogens with one attached hydrogen (secondary N) is 1. The summed E-state index contributed by atoms with van der Waals surface area (Å²) in [6.45, 7) is 2.47. The van der Waals surface area contributed by atoms with Crippen LogP contribution in [0.2, 0.25) is 0 Å². The fourth-order valence-electron chi connectivity index (χ4n) is 2.49. The molecule has 0 saturated heterocycles. The van der Waals surface area contributed by atoms with Gasteiger partial charge in [0.05, 0.1) is 5.69 Å². The third-order valence-electron chi connectivity index (χ3n) is 3.37. The van der Waals surface area contributed by atoms with Gasteiger partial charge in [0.15, 0.2) is 9.87 Å². The fraction of sp³-hybridized carbons (Fsp3) is 0.462. The summed E-state index contributed by atoms with van der Waals surface area (Å²) in [7, 11) is -2.26. The van der Waals surface area contributed by atoms with Gasteiger partial charge in [0.25, 0.3) is 7.12 Å². The van der Waals surface area contributed by atoms with Gasteiger partial charge in [-0.2, -0.15) is 0 Å². The molecule has 1 aliphatic heterocycles. The Morgan fingerprint density at radius 2 is 2.10 bits per heavy atom. The van der Waals surface area contributed by atoms with Crippen LogP contribution in [-0.2, 0) is 27.6 Å². The average molecular weight is 312 g/mol. The van der Waals surface area contributed by atoms with E-state index in [9.17, 15) is 17.6 Å². The van der Waals surface area contributed by atoms with Crippen LogP contribution in [0.3, 0.4) is 0 Å². The summed E-state index contributed by atoms with van der Waals surface area (Å²) in [5, 5.41) is 0. The minimum absolute atomic E-state index is 0.0464. The van der Waals surface area contributed by atoms with E-state index in [-0.39, 0.29) is 12.5 Å². The van der Waals surface area contributed by atoms with E-state index >= 15 is 0 Å². The van der Waals surface area contributed by atoms with Crippen LogP contribution >= 0.6 is 0 Å². The summed E-state index contributed by atoms with van der Waals surface area (Å²) in [6.07, 6.45) is 1.59. The number of anilines is 1. The topological polar surface area (TPSA) is 66.5 Å². The average Bonchev–Trinajstić information content (AvgIpc) is 2.39. The van der Waals surface area contributed by atoms with Crippen molar-refractivity contribution >= 4 is 28.6 Å². The van der Waals surface area contributed by atoms with Gasteiger partial charge in [0.1, 0.15) is 5.82 Å². The second-order valence-corrected chi connectivity index (χ2v) is 7.06. The lowest BCUT2D eigenvalue weighted by Gasteiger charge is -2.30. The zero-order valence-electron chi connectivity index (χ0n) is 12.1. The number of fused-ring (bicyclic) bond motifs is 1. The van der Waals surface area contributed by atoms with Crippen molar-refractivity contribution in [2.75, 3.05) is 11.4 Å². The van der Waals surface area contributed by atoms with Gasteiger partial charge in [-0.3, -0.25) is 4.79 Å². The first kappa shape index (κ1) is 16.0. The number of halogens is 1. The van der Waals surface area contributed by atoms with E-state index in [2.05, 4.69) is 4.72 Å². The van der Waals surface area contributed by atoms with Gasteiger partial charge in [-0.25, -0.2) is 17.5 Å². The largest absolute Gasteiger partial charge is 0.309 e. The molecule has 1 aromatic carbocycles. The fourth-order valence-corrected chi connectivity index (χ4v) is 2.92. The van der Waals surface area contributed by atoms with E-state index in [0.29, 0.717) is 30.6 Å². The highest BCUT2D eigenvalue weighted by Gasteiger charge is 2.27. The molecular formula is C13H18BFN2O3S. The first-order valence-corrected chi connectivity index (χ1v) is 8.77. The Kier molecular flexibility index (Phi) is 4.68. The van der Waals surface area contributed by atoms with Gasteiger partial charge in [0.2, 0.25) is 5.91 Å². The Bertz CT molecular complexity index is 664. The van der Waals surface area contributed by atoms with Crippen LogP contribution in [-0.4, -0.2) is 28.0 Å². The number of amides is 1. The highest BCUT2D eigenvalue weighted by molar-refractivity contribution is 8.10. The number of carbonyl (C=O) groups is 1. The molecule has 0 aliphatic carbocycles. The SMILES string of the molecule is BS(=O)(=O)NCc1cc(F)c2c(c1)CCC(=O)N2CCC. The van der Waals surface area contributed by atoms with E-state index in [1.165, 1.54) is 11.0 Å². The van der Waals surface area contributed by atoms with Crippen molar-refractivity contribution < 1.29 is 17.6 Å². The van der Waals surface area contributed by atoms with Crippen molar-refractivity contribution in [2.24, 2.45) is 0 Å². The van der Waals surface area contributed by atoms with Crippen molar-refractivity contribution in [1.82, 2.24) is 4.72 Å². The minimum Gasteiger partial charge on any atom is -0.309 e. The van der Waals surface area contributed by atoms with E-state index < -0.39 is 15.7 Å². The molecule has 0 unspecified atom stereocenters. The number of nitrogens with zero attached hydrogens (tertiary/aromatic N) is 1. The van der Waals surface area contributed by atoms with Crippen LogP contribution in [0.4, 0.5) is 10.1 Å². The lowest BCUT2D eigenvalue weighted by Crippen LogP contribution is -2.36. The Hall–Kier alpha value is -1.41. The Balaban J connectivity index is 2.33. The quantitative estimate of drug-likeness (QED) is 0.804. The summed E-state index contributed by atoms with van der Waals surface area (Å²) in [4.78, 5) is 13.4. The minimum atomic E-state index is -3.32. The van der Waals surface area contributed by atoms with Crippen molar-refractivity contribution in [1.29, 1.82) is 0 Å².